The molecule has 1 aliphatic heterocycles. The van der Waals surface area contributed by atoms with Gasteiger partial charge < -0.3 is 5.11 Å². The van der Waals surface area contributed by atoms with Crippen LogP contribution in [0.15, 0.2) is 18.2 Å². The zero-order valence-corrected chi connectivity index (χ0v) is 12.3. The third kappa shape index (κ3) is 3.62. The second-order valence-electron chi connectivity index (χ2n) is 5.46. The van der Waals surface area contributed by atoms with E-state index in [-0.39, 0.29) is 0 Å². The van der Waals surface area contributed by atoms with Gasteiger partial charge in [0.25, 0.3) is 0 Å². The zero-order valence-electron chi connectivity index (χ0n) is 10.8. The fourth-order valence-corrected chi connectivity index (χ4v) is 3.19. The molecule has 0 amide bonds. The van der Waals surface area contributed by atoms with Gasteiger partial charge in [0.1, 0.15) is 0 Å². The Kier molecular flexibility index (Phi) is 4.39. The molecular formula is C14H17Cl2NO2. The summed E-state index contributed by atoms with van der Waals surface area (Å²) in [5, 5.41) is 10.5. The number of carboxylic acid groups (broad SMARTS) is 1. The fraction of sp³-hybridized carbons (Fsp3) is 0.500. The van der Waals surface area contributed by atoms with E-state index in [0.717, 1.165) is 24.9 Å². The maximum Gasteiger partial charge on any atom is 0.310 e. The summed E-state index contributed by atoms with van der Waals surface area (Å²) in [4.78, 5) is 13.5. The molecule has 1 aliphatic rings. The summed E-state index contributed by atoms with van der Waals surface area (Å²) in [6.07, 6.45) is 1.63. The van der Waals surface area contributed by atoms with E-state index >= 15 is 0 Å². The van der Waals surface area contributed by atoms with Crippen molar-refractivity contribution in [3.05, 3.63) is 33.8 Å². The first-order chi connectivity index (χ1) is 8.89. The van der Waals surface area contributed by atoms with Gasteiger partial charge in [0.15, 0.2) is 0 Å². The Labute approximate surface area is 123 Å². The highest BCUT2D eigenvalue weighted by atomic mass is 35.5. The number of piperidine rings is 1. The molecule has 1 saturated heterocycles. The third-order valence-corrected chi connectivity index (χ3v) is 4.06. The van der Waals surface area contributed by atoms with Gasteiger partial charge in [-0.1, -0.05) is 23.2 Å². The van der Waals surface area contributed by atoms with Crippen LogP contribution < -0.4 is 0 Å². The minimum Gasteiger partial charge on any atom is -0.481 e. The molecular weight excluding hydrogens is 285 g/mol. The summed E-state index contributed by atoms with van der Waals surface area (Å²) in [5.74, 6) is -0.721. The van der Waals surface area contributed by atoms with Crippen molar-refractivity contribution in [3.8, 4) is 0 Å². The quantitative estimate of drug-likeness (QED) is 0.926. The molecule has 0 saturated carbocycles. The van der Waals surface area contributed by atoms with Gasteiger partial charge in [0.2, 0.25) is 0 Å². The molecule has 5 heteroatoms. The molecule has 1 unspecified atom stereocenters. The SMILES string of the molecule is CC1(C(=O)O)CCCN(Cc2cc(Cl)cc(Cl)c2)C1. The molecule has 0 aliphatic carbocycles. The molecule has 3 nitrogen and oxygen atoms in total. The molecule has 1 N–H and O–H groups in total. The van der Waals surface area contributed by atoms with Crippen LogP contribution in [0.4, 0.5) is 0 Å². The van der Waals surface area contributed by atoms with Crippen molar-refractivity contribution in [2.24, 2.45) is 5.41 Å². The number of rotatable bonds is 3. The summed E-state index contributed by atoms with van der Waals surface area (Å²) in [7, 11) is 0. The summed E-state index contributed by atoms with van der Waals surface area (Å²) >= 11 is 12.0. The Morgan fingerprint density at radius 1 is 1.37 bits per heavy atom. The number of aliphatic carboxylic acids is 1. The smallest absolute Gasteiger partial charge is 0.310 e. The number of carbonyl (C=O) groups is 1. The minimum absolute atomic E-state index is 0.562. The Morgan fingerprint density at radius 3 is 2.58 bits per heavy atom. The van der Waals surface area contributed by atoms with E-state index in [4.69, 9.17) is 23.2 Å². The summed E-state index contributed by atoms with van der Waals surface area (Å²) in [5.41, 5.74) is 0.368. The van der Waals surface area contributed by atoms with E-state index in [2.05, 4.69) is 4.90 Å². The maximum absolute atomic E-state index is 11.3. The molecule has 1 aromatic carbocycles. The highest BCUT2D eigenvalue weighted by molar-refractivity contribution is 6.34. The maximum atomic E-state index is 11.3. The number of benzene rings is 1. The first-order valence-corrected chi connectivity index (χ1v) is 7.05. The second-order valence-corrected chi connectivity index (χ2v) is 6.33. The van der Waals surface area contributed by atoms with E-state index < -0.39 is 11.4 Å². The van der Waals surface area contributed by atoms with Gasteiger partial charge in [0, 0.05) is 23.1 Å². The lowest BCUT2D eigenvalue weighted by Crippen LogP contribution is -2.45. The lowest BCUT2D eigenvalue weighted by Gasteiger charge is -2.37. The Morgan fingerprint density at radius 2 is 2.00 bits per heavy atom. The molecule has 19 heavy (non-hydrogen) atoms. The number of hydrogen-bond acceptors (Lipinski definition) is 2. The predicted octanol–water partition coefficient (Wildman–Crippen LogP) is 3.68. The van der Waals surface area contributed by atoms with Gasteiger partial charge >= 0.3 is 5.97 Å². The number of nitrogens with zero attached hydrogens (tertiary/aromatic N) is 1. The van der Waals surface area contributed by atoms with Gasteiger partial charge in [-0.05, 0) is 50.1 Å². The minimum atomic E-state index is -0.721. The highest BCUT2D eigenvalue weighted by Gasteiger charge is 2.37. The number of hydrogen-bond donors (Lipinski definition) is 1. The van der Waals surface area contributed by atoms with E-state index in [1.54, 1.807) is 6.07 Å². The molecule has 0 spiro atoms. The predicted molar refractivity (Wildman–Crippen MR) is 76.7 cm³/mol. The van der Waals surface area contributed by atoms with Gasteiger partial charge in [-0.2, -0.15) is 0 Å². The summed E-state index contributed by atoms with van der Waals surface area (Å²) in [6.45, 7) is 3.97. The molecule has 2 rings (SSSR count). The van der Waals surface area contributed by atoms with Crippen molar-refractivity contribution in [2.45, 2.75) is 26.3 Å². The van der Waals surface area contributed by atoms with Crippen LogP contribution in [0, 0.1) is 5.41 Å². The van der Waals surface area contributed by atoms with Crippen LogP contribution in [-0.4, -0.2) is 29.1 Å². The summed E-state index contributed by atoms with van der Waals surface area (Å²) in [6, 6.07) is 5.45. The molecule has 1 fully saturated rings. The van der Waals surface area contributed by atoms with Crippen molar-refractivity contribution in [1.82, 2.24) is 4.90 Å². The van der Waals surface area contributed by atoms with Crippen molar-refractivity contribution in [2.75, 3.05) is 13.1 Å². The van der Waals surface area contributed by atoms with Crippen molar-refractivity contribution in [1.29, 1.82) is 0 Å². The van der Waals surface area contributed by atoms with Gasteiger partial charge in [-0.25, -0.2) is 0 Å². The first-order valence-electron chi connectivity index (χ1n) is 6.30. The van der Waals surface area contributed by atoms with Crippen molar-refractivity contribution >= 4 is 29.2 Å². The van der Waals surface area contributed by atoms with E-state index in [1.165, 1.54) is 0 Å². The van der Waals surface area contributed by atoms with Crippen LogP contribution >= 0.6 is 23.2 Å². The van der Waals surface area contributed by atoms with Crippen LogP contribution in [0.1, 0.15) is 25.3 Å². The zero-order chi connectivity index (χ0) is 14.0. The van der Waals surface area contributed by atoms with Crippen LogP contribution in [0.3, 0.4) is 0 Å². The number of carboxylic acids is 1. The number of likely N-dealkylation sites (tertiary alicyclic amines) is 1. The van der Waals surface area contributed by atoms with E-state index in [9.17, 15) is 9.90 Å². The summed E-state index contributed by atoms with van der Waals surface area (Å²) < 4.78 is 0. The Bertz CT molecular complexity index is 472. The monoisotopic (exact) mass is 301 g/mol. The molecule has 1 heterocycles. The van der Waals surface area contributed by atoms with Crippen molar-refractivity contribution < 1.29 is 9.90 Å². The lowest BCUT2D eigenvalue weighted by molar-refractivity contribution is -0.151. The lowest BCUT2D eigenvalue weighted by atomic mass is 9.82. The van der Waals surface area contributed by atoms with E-state index in [1.807, 2.05) is 19.1 Å². The molecule has 0 radical (unpaired) electrons. The average Bonchev–Trinajstić information content (AvgIpc) is 2.27. The second kappa shape index (κ2) is 5.70. The van der Waals surface area contributed by atoms with Crippen molar-refractivity contribution in [3.63, 3.8) is 0 Å². The van der Waals surface area contributed by atoms with E-state index in [0.29, 0.717) is 23.1 Å². The van der Waals surface area contributed by atoms with Gasteiger partial charge in [0.05, 0.1) is 5.41 Å². The van der Waals surface area contributed by atoms with Crippen LogP contribution in [0.2, 0.25) is 10.0 Å². The first kappa shape index (κ1) is 14.6. The van der Waals surface area contributed by atoms with Crippen LogP contribution in [-0.2, 0) is 11.3 Å². The number of halogens is 2. The van der Waals surface area contributed by atoms with Gasteiger partial charge in [-0.15, -0.1) is 0 Å². The fourth-order valence-electron chi connectivity index (χ4n) is 2.61. The highest BCUT2D eigenvalue weighted by Crippen LogP contribution is 2.31. The standard InChI is InChI=1S/C14H17Cl2NO2/c1-14(13(18)19)3-2-4-17(9-14)8-10-5-11(15)7-12(16)6-10/h5-7H,2-4,8-9H2,1H3,(H,18,19). The molecule has 0 bridgehead atoms. The normalized spacial score (nSPS) is 24.4. The molecule has 1 aromatic rings. The third-order valence-electron chi connectivity index (χ3n) is 3.62. The topological polar surface area (TPSA) is 40.5 Å². The van der Waals surface area contributed by atoms with Gasteiger partial charge in [-0.3, -0.25) is 9.69 Å². The van der Waals surface area contributed by atoms with Crippen LogP contribution in [0.25, 0.3) is 0 Å². The average molecular weight is 302 g/mol. The molecule has 0 aromatic heterocycles. The molecule has 104 valence electrons. The largest absolute Gasteiger partial charge is 0.481 e. The Hall–Kier alpha value is -0.770. The molecule has 1 atom stereocenters. The Balaban J connectivity index is 2.08. The van der Waals surface area contributed by atoms with Crippen LogP contribution in [0.5, 0.6) is 0 Å².